The number of thioether (sulfide) groups is 1. The van der Waals surface area contributed by atoms with E-state index < -0.39 is 10.0 Å². The number of benzene rings is 2. The van der Waals surface area contributed by atoms with E-state index in [9.17, 15) is 13.2 Å². The number of carbonyl (C=O) groups excluding carboxylic acids is 1. The van der Waals surface area contributed by atoms with Gasteiger partial charge in [0.25, 0.3) is 0 Å². The van der Waals surface area contributed by atoms with Crippen molar-refractivity contribution < 1.29 is 13.2 Å². The quantitative estimate of drug-likeness (QED) is 0.529. The Labute approximate surface area is 189 Å². The third kappa shape index (κ3) is 4.93. The second-order valence-electron chi connectivity index (χ2n) is 7.10. The molecule has 1 aliphatic heterocycles. The van der Waals surface area contributed by atoms with E-state index in [2.05, 4.69) is 15.6 Å². The SMILES string of the molecule is CSc1cccc(NC(=O)Nc2nc3c(s2)CN(S(=O)(=O)c2ccc(C)cc2)CC3)c1. The molecule has 0 aliphatic carbocycles. The Morgan fingerprint density at radius 2 is 1.94 bits per heavy atom. The number of fused-ring (bicyclic) bond motifs is 1. The molecule has 2 amide bonds. The summed E-state index contributed by atoms with van der Waals surface area (Å²) >= 11 is 2.90. The molecule has 2 aromatic carbocycles. The molecule has 2 heterocycles. The Balaban J connectivity index is 1.44. The van der Waals surface area contributed by atoms with E-state index in [0.29, 0.717) is 23.8 Å². The molecule has 0 spiro atoms. The number of aromatic nitrogens is 1. The van der Waals surface area contributed by atoms with E-state index in [0.717, 1.165) is 21.0 Å². The van der Waals surface area contributed by atoms with Crippen LogP contribution in [0.5, 0.6) is 0 Å². The number of thiazole rings is 1. The highest BCUT2D eigenvalue weighted by Crippen LogP contribution is 2.31. The van der Waals surface area contributed by atoms with Gasteiger partial charge >= 0.3 is 6.03 Å². The topological polar surface area (TPSA) is 91.4 Å². The van der Waals surface area contributed by atoms with Gasteiger partial charge in [0.1, 0.15) is 0 Å². The Kier molecular flexibility index (Phi) is 6.33. The summed E-state index contributed by atoms with van der Waals surface area (Å²) in [6, 6.07) is 14.0. The van der Waals surface area contributed by atoms with Gasteiger partial charge in [-0.05, 0) is 43.5 Å². The first-order valence-electron chi connectivity index (χ1n) is 9.62. The van der Waals surface area contributed by atoms with Crippen molar-refractivity contribution in [2.75, 3.05) is 23.4 Å². The summed E-state index contributed by atoms with van der Waals surface area (Å²) in [4.78, 5) is 19.0. The van der Waals surface area contributed by atoms with Gasteiger partial charge in [-0.3, -0.25) is 5.32 Å². The lowest BCUT2D eigenvalue weighted by atomic mass is 10.2. The molecule has 4 rings (SSSR count). The smallest absolute Gasteiger partial charge is 0.308 e. The number of nitrogens with one attached hydrogen (secondary N) is 2. The number of hydrogen-bond donors (Lipinski definition) is 2. The fourth-order valence-corrected chi connectivity index (χ4v) is 6.22. The third-order valence-electron chi connectivity index (χ3n) is 4.90. The maximum absolute atomic E-state index is 13.0. The number of sulfonamides is 1. The number of urea groups is 1. The van der Waals surface area contributed by atoms with Crippen molar-refractivity contribution in [1.82, 2.24) is 9.29 Å². The summed E-state index contributed by atoms with van der Waals surface area (Å²) in [5.74, 6) is 0. The van der Waals surface area contributed by atoms with Gasteiger partial charge in [-0.1, -0.05) is 35.1 Å². The average Bonchev–Trinajstić information content (AvgIpc) is 3.15. The lowest BCUT2D eigenvalue weighted by molar-refractivity contribution is 0.262. The van der Waals surface area contributed by atoms with Gasteiger partial charge in [-0.2, -0.15) is 4.31 Å². The molecule has 0 bridgehead atoms. The highest BCUT2D eigenvalue weighted by atomic mass is 32.2. The summed E-state index contributed by atoms with van der Waals surface area (Å²) in [6.07, 6.45) is 2.48. The van der Waals surface area contributed by atoms with Crippen LogP contribution in [0.15, 0.2) is 58.3 Å². The van der Waals surface area contributed by atoms with Gasteiger partial charge in [-0.25, -0.2) is 18.2 Å². The van der Waals surface area contributed by atoms with Crippen LogP contribution in [-0.2, 0) is 23.0 Å². The normalized spacial score (nSPS) is 14.1. The minimum absolute atomic E-state index is 0.252. The molecule has 162 valence electrons. The van der Waals surface area contributed by atoms with Crippen LogP contribution in [0.2, 0.25) is 0 Å². The molecular formula is C21H22N4O3S3. The zero-order valence-electron chi connectivity index (χ0n) is 17.1. The zero-order valence-corrected chi connectivity index (χ0v) is 19.5. The molecule has 0 saturated heterocycles. The zero-order chi connectivity index (χ0) is 22.0. The Morgan fingerprint density at radius 1 is 1.16 bits per heavy atom. The molecule has 3 aromatic rings. The van der Waals surface area contributed by atoms with Crippen LogP contribution in [0, 0.1) is 6.92 Å². The summed E-state index contributed by atoms with van der Waals surface area (Å²) in [5.41, 5.74) is 2.54. The molecule has 1 aromatic heterocycles. The van der Waals surface area contributed by atoms with Crippen LogP contribution in [0.4, 0.5) is 15.6 Å². The first-order chi connectivity index (χ1) is 14.8. The van der Waals surface area contributed by atoms with E-state index >= 15 is 0 Å². The minimum atomic E-state index is -3.57. The second kappa shape index (κ2) is 8.99. The molecule has 0 unspecified atom stereocenters. The van der Waals surface area contributed by atoms with Gasteiger partial charge in [-0.15, -0.1) is 11.8 Å². The minimum Gasteiger partial charge on any atom is -0.308 e. The molecule has 2 N–H and O–H groups in total. The predicted octanol–water partition coefficient (Wildman–Crippen LogP) is 4.56. The van der Waals surface area contributed by atoms with Gasteiger partial charge in [0.15, 0.2) is 5.13 Å². The Bertz CT molecular complexity index is 1210. The van der Waals surface area contributed by atoms with Gasteiger partial charge in [0.05, 0.1) is 17.1 Å². The van der Waals surface area contributed by atoms with Crippen molar-refractivity contribution in [1.29, 1.82) is 0 Å². The highest BCUT2D eigenvalue weighted by Gasteiger charge is 2.30. The molecule has 0 fully saturated rings. The lowest BCUT2D eigenvalue weighted by Crippen LogP contribution is -2.35. The Hall–Kier alpha value is -2.40. The van der Waals surface area contributed by atoms with Crippen LogP contribution in [-0.4, -0.2) is 36.5 Å². The second-order valence-corrected chi connectivity index (χ2v) is 11.0. The third-order valence-corrected chi connectivity index (χ3v) is 8.49. The molecule has 0 atom stereocenters. The van der Waals surface area contributed by atoms with Gasteiger partial charge in [0.2, 0.25) is 10.0 Å². The average molecular weight is 475 g/mol. The van der Waals surface area contributed by atoms with E-state index in [1.54, 1.807) is 36.0 Å². The van der Waals surface area contributed by atoms with E-state index in [4.69, 9.17) is 0 Å². The Morgan fingerprint density at radius 3 is 2.68 bits per heavy atom. The number of aryl methyl sites for hydroxylation is 1. The van der Waals surface area contributed by atoms with Crippen molar-refractivity contribution in [3.8, 4) is 0 Å². The fraction of sp³-hybridized carbons (Fsp3) is 0.238. The van der Waals surface area contributed by atoms with Gasteiger partial charge in [0, 0.05) is 28.4 Å². The van der Waals surface area contributed by atoms with Crippen molar-refractivity contribution in [3.05, 3.63) is 64.7 Å². The van der Waals surface area contributed by atoms with Crippen molar-refractivity contribution in [3.63, 3.8) is 0 Å². The number of carbonyl (C=O) groups is 1. The summed E-state index contributed by atoms with van der Waals surface area (Å²) in [6.45, 7) is 2.54. The molecule has 0 radical (unpaired) electrons. The van der Waals surface area contributed by atoms with Crippen molar-refractivity contribution in [2.45, 2.75) is 29.7 Å². The lowest BCUT2D eigenvalue weighted by Gasteiger charge is -2.25. The largest absolute Gasteiger partial charge is 0.325 e. The van der Waals surface area contributed by atoms with E-state index in [1.165, 1.54) is 15.6 Å². The number of rotatable bonds is 5. The standard InChI is InChI=1S/C21H22N4O3S3/c1-14-6-8-17(9-7-14)31(27,28)25-11-10-18-19(13-25)30-21(23-18)24-20(26)22-15-4-3-5-16(12-15)29-2/h3-9,12H,10-11,13H2,1-2H3,(H2,22,23,24,26). The molecule has 0 saturated carbocycles. The highest BCUT2D eigenvalue weighted by molar-refractivity contribution is 7.98. The molecule has 7 nitrogen and oxygen atoms in total. The van der Waals surface area contributed by atoms with Gasteiger partial charge < -0.3 is 5.32 Å². The number of hydrogen-bond acceptors (Lipinski definition) is 6. The van der Waals surface area contributed by atoms with E-state index in [1.807, 2.05) is 37.4 Å². The number of anilines is 2. The molecular weight excluding hydrogens is 452 g/mol. The molecule has 31 heavy (non-hydrogen) atoms. The van der Waals surface area contributed by atoms with E-state index in [-0.39, 0.29) is 17.5 Å². The van der Waals surface area contributed by atoms with Crippen LogP contribution >= 0.6 is 23.1 Å². The maximum Gasteiger partial charge on any atom is 0.325 e. The molecule has 10 heteroatoms. The monoisotopic (exact) mass is 474 g/mol. The number of amides is 2. The van der Waals surface area contributed by atoms with Crippen LogP contribution in [0.1, 0.15) is 16.1 Å². The summed E-state index contributed by atoms with van der Waals surface area (Å²) in [5, 5.41) is 6.02. The summed E-state index contributed by atoms with van der Waals surface area (Å²) in [7, 11) is -3.57. The van der Waals surface area contributed by atoms with Crippen LogP contribution in [0.3, 0.4) is 0 Å². The predicted molar refractivity (Wildman–Crippen MR) is 125 cm³/mol. The first-order valence-corrected chi connectivity index (χ1v) is 13.1. The first kappa shape index (κ1) is 21.8. The summed E-state index contributed by atoms with van der Waals surface area (Å²) < 4.78 is 27.4. The molecule has 1 aliphatic rings. The van der Waals surface area contributed by atoms with Crippen molar-refractivity contribution in [2.24, 2.45) is 0 Å². The van der Waals surface area contributed by atoms with Crippen molar-refractivity contribution >= 4 is 50.0 Å². The maximum atomic E-state index is 13.0. The number of nitrogens with zero attached hydrogens (tertiary/aromatic N) is 2. The van der Waals surface area contributed by atoms with Crippen LogP contribution in [0.25, 0.3) is 0 Å². The fourth-order valence-electron chi connectivity index (χ4n) is 3.25. The van der Waals surface area contributed by atoms with Crippen LogP contribution < -0.4 is 10.6 Å².